The third-order valence-electron chi connectivity index (χ3n) is 5.56. The number of benzene rings is 4. The van der Waals surface area contributed by atoms with Crippen molar-refractivity contribution in [3.05, 3.63) is 130 Å². The summed E-state index contributed by atoms with van der Waals surface area (Å²) in [6, 6.07) is 28.4. The zero-order chi connectivity index (χ0) is 26.3. The molecule has 0 atom stereocenters. The third-order valence-corrected chi connectivity index (χ3v) is 5.81. The Bertz CT molecular complexity index is 1370. The molecule has 0 aliphatic rings. The number of ether oxygens (including phenoxy) is 2. The smallest absolute Gasteiger partial charge is 0.343 e. The van der Waals surface area contributed by atoms with Gasteiger partial charge in [-0.25, -0.2) is 10.2 Å². The zero-order valence-corrected chi connectivity index (χ0v) is 20.6. The highest BCUT2D eigenvalue weighted by molar-refractivity contribution is 6.30. The quantitative estimate of drug-likeness (QED) is 0.150. The van der Waals surface area contributed by atoms with Crippen molar-refractivity contribution in [2.24, 2.45) is 5.10 Å². The van der Waals surface area contributed by atoms with Crippen molar-refractivity contribution in [1.29, 1.82) is 0 Å². The van der Waals surface area contributed by atoms with Gasteiger partial charge in [-0.3, -0.25) is 4.79 Å². The van der Waals surface area contributed by atoms with Crippen LogP contribution in [0.25, 0.3) is 0 Å². The lowest BCUT2D eigenvalue weighted by Gasteiger charge is -2.27. The van der Waals surface area contributed by atoms with Gasteiger partial charge in [0.15, 0.2) is 17.1 Å². The minimum absolute atomic E-state index is 0.214. The average Bonchev–Trinajstić information content (AvgIpc) is 2.94. The summed E-state index contributed by atoms with van der Waals surface area (Å²) in [4.78, 5) is 25.6. The van der Waals surface area contributed by atoms with E-state index in [-0.39, 0.29) is 5.75 Å². The van der Waals surface area contributed by atoms with E-state index in [4.69, 9.17) is 21.1 Å². The third kappa shape index (κ3) is 5.86. The molecule has 0 saturated heterocycles. The van der Waals surface area contributed by atoms with Gasteiger partial charge in [-0.2, -0.15) is 5.10 Å². The van der Waals surface area contributed by atoms with Crippen LogP contribution in [-0.4, -0.2) is 30.3 Å². The van der Waals surface area contributed by atoms with Crippen molar-refractivity contribution in [3.63, 3.8) is 0 Å². The first kappa shape index (κ1) is 25.6. The van der Waals surface area contributed by atoms with Crippen molar-refractivity contribution in [2.45, 2.75) is 5.60 Å². The Morgan fingerprint density at radius 1 is 0.865 bits per heavy atom. The molecule has 0 saturated carbocycles. The number of esters is 1. The van der Waals surface area contributed by atoms with Gasteiger partial charge in [-0.1, -0.05) is 72.3 Å². The van der Waals surface area contributed by atoms with Crippen LogP contribution < -0.4 is 14.9 Å². The zero-order valence-electron chi connectivity index (χ0n) is 19.8. The maximum atomic E-state index is 13.1. The Balaban J connectivity index is 1.50. The number of nitrogens with one attached hydrogen (secondary N) is 1. The first-order valence-corrected chi connectivity index (χ1v) is 11.6. The molecule has 2 N–H and O–H groups in total. The van der Waals surface area contributed by atoms with E-state index in [1.54, 1.807) is 103 Å². The number of halogens is 1. The molecule has 0 aliphatic carbocycles. The van der Waals surface area contributed by atoms with Gasteiger partial charge < -0.3 is 14.6 Å². The van der Waals surface area contributed by atoms with E-state index < -0.39 is 17.5 Å². The predicted molar refractivity (Wildman–Crippen MR) is 141 cm³/mol. The normalized spacial score (nSPS) is 11.2. The molecule has 0 unspecified atom stereocenters. The van der Waals surface area contributed by atoms with Gasteiger partial charge in [-0.05, 0) is 59.2 Å². The van der Waals surface area contributed by atoms with E-state index in [0.29, 0.717) is 33.0 Å². The lowest BCUT2D eigenvalue weighted by molar-refractivity contribution is -0.136. The first-order valence-electron chi connectivity index (χ1n) is 11.2. The second-order valence-corrected chi connectivity index (χ2v) is 8.38. The lowest BCUT2D eigenvalue weighted by Crippen LogP contribution is -2.43. The standard InChI is InChI=1S/C29H23ClN2O5/c1-36-26-18-20(12-17-25(26)37-27(33)21-13-15-24(30)16-14-21)19-31-32-28(34)29(35,22-8-4-2-5-9-22)23-10-6-3-7-11-23/h2-19,35H,1H3,(H,32,34)/b31-19+. The molecule has 1 amide bonds. The number of amides is 1. The van der Waals surface area contributed by atoms with Gasteiger partial charge in [0.1, 0.15) is 0 Å². The average molecular weight is 515 g/mol. The van der Waals surface area contributed by atoms with Crippen LogP contribution in [0.2, 0.25) is 5.02 Å². The predicted octanol–water partition coefficient (Wildman–Crippen LogP) is 4.95. The maximum absolute atomic E-state index is 13.1. The van der Waals surface area contributed by atoms with Crippen LogP contribution in [0, 0.1) is 0 Å². The van der Waals surface area contributed by atoms with Crippen LogP contribution in [0.15, 0.2) is 108 Å². The van der Waals surface area contributed by atoms with E-state index in [1.165, 1.54) is 13.3 Å². The van der Waals surface area contributed by atoms with Crippen LogP contribution in [0.3, 0.4) is 0 Å². The van der Waals surface area contributed by atoms with E-state index >= 15 is 0 Å². The fraction of sp³-hybridized carbons (Fsp3) is 0.0690. The van der Waals surface area contributed by atoms with Crippen molar-refractivity contribution >= 4 is 29.7 Å². The van der Waals surface area contributed by atoms with Gasteiger partial charge in [0.25, 0.3) is 5.91 Å². The van der Waals surface area contributed by atoms with Crippen molar-refractivity contribution in [3.8, 4) is 11.5 Å². The number of carbonyl (C=O) groups excluding carboxylic acids is 2. The number of hydrazone groups is 1. The van der Waals surface area contributed by atoms with Crippen molar-refractivity contribution in [1.82, 2.24) is 5.43 Å². The molecule has 0 spiro atoms. The molecule has 4 aromatic carbocycles. The summed E-state index contributed by atoms with van der Waals surface area (Å²) in [5.74, 6) is -0.778. The minimum Gasteiger partial charge on any atom is -0.493 e. The van der Waals surface area contributed by atoms with Crippen molar-refractivity contribution in [2.75, 3.05) is 7.11 Å². The SMILES string of the molecule is COc1cc(/C=N/NC(=O)C(O)(c2ccccc2)c2ccccc2)ccc1OC(=O)c1ccc(Cl)cc1. The molecular weight excluding hydrogens is 492 g/mol. The molecule has 0 aliphatic heterocycles. The monoisotopic (exact) mass is 514 g/mol. The molecule has 0 aromatic heterocycles. The molecule has 0 heterocycles. The largest absolute Gasteiger partial charge is 0.493 e. The van der Waals surface area contributed by atoms with Gasteiger partial charge in [0, 0.05) is 5.02 Å². The Morgan fingerprint density at radius 2 is 1.46 bits per heavy atom. The summed E-state index contributed by atoms with van der Waals surface area (Å²) in [6.45, 7) is 0. The minimum atomic E-state index is -1.95. The molecule has 0 bridgehead atoms. The van der Waals surface area contributed by atoms with Crippen LogP contribution in [0.1, 0.15) is 27.0 Å². The second kappa shape index (κ2) is 11.5. The molecule has 4 aromatic rings. The molecular formula is C29H23ClN2O5. The van der Waals surface area contributed by atoms with E-state index in [9.17, 15) is 14.7 Å². The van der Waals surface area contributed by atoms with E-state index in [1.807, 2.05) is 0 Å². The number of hydrogen-bond donors (Lipinski definition) is 2. The molecule has 7 nitrogen and oxygen atoms in total. The number of aliphatic hydroxyl groups is 1. The Kier molecular flexibility index (Phi) is 7.98. The first-order chi connectivity index (χ1) is 17.9. The van der Waals surface area contributed by atoms with Crippen LogP contribution in [-0.2, 0) is 10.4 Å². The van der Waals surface area contributed by atoms with Crippen LogP contribution in [0.5, 0.6) is 11.5 Å². The summed E-state index contributed by atoms with van der Waals surface area (Å²) in [5, 5.41) is 16.0. The van der Waals surface area contributed by atoms with Gasteiger partial charge in [-0.15, -0.1) is 0 Å². The Morgan fingerprint density at radius 3 is 2.03 bits per heavy atom. The fourth-order valence-electron chi connectivity index (χ4n) is 3.63. The van der Waals surface area contributed by atoms with Crippen molar-refractivity contribution < 1.29 is 24.2 Å². The number of methoxy groups -OCH3 is 1. The molecule has 8 heteroatoms. The summed E-state index contributed by atoms with van der Waals surface area (Å²) in [7, 11) is 1.44. The van der Waals surface area contributed by atoms with Crippen LogP contribution >= 0.6 is 11.6 Å². The highest BCUT2D eigenvalue weighted by Crippen LogP contribution is 2.30. The molecule has 37 heavy (non-hydrogen) atoms. The highest BCUT2D eigenvalue weighted by atomic mass is 35.5. The van der Waals surface area contributed by atoms with Gasteiger partial charge >= 0.3 is 5.97 Å². The van der Waals surface area contributed by atoms with Crippen LogP contribution in [0.4, 0.5) is 0 Å². The van der Waals surface area contributed by atoms with E-state index in [0.717, 1.165) is 0 Å². The number of carbonyl (C=O) groups is 2. The summed E-state index contributed by atoms with van der Waals surface area (Å²) in [6.07, 6.45) is 1.39. The lowest BCUT2D eigenvalue weighted by atomic mass is 9.85. The number of rotatable bonds is 8. The number of hydrogen-bond acceptors (Lipinski definition) is 6. The summed E-state index contributed by atoms with van der Waals surface area (Å²) in [5.41, 5.74) is 2.18. The van der Waals surface area contributed by atoms with E-state index in [2.05, 4.69) is 10.5 Å². The fourth-order valence-corrected chi connectivity index (χ4v) is 3.75. The molecule has 186 valence electrons. The topological polar surface area (TPSA) is 97.2 Å². The molecule has 0 fully saturated rings. The number of nitrogens with zero attached hydrogens (tertiary/aromatic N) is 1. The maximum Gasteiger partial charge on any atom is 0.343 e. The van der Waals surface area contributed by atoms with Gasteiger partial charge in [0.05, 0.1) is 18.9 Å². The second-order valence-electron chi connectivity index (χ2n) is 7.95. The summed E-state index contributed by atoms with van der Waals surface area (Å²) < 4.78 is 10.8. The Hall–Kier alpha value is -4.46. The van der Waals surface area contributed by atoms with Gasteiger partial charge in [0.2, 0.25) is 0 Å². The Labute approximate surface area is 218 Å². The summed E-state index contributed by atoms with van der Waals surface area (Å²) >= 11 is 5.87. The molecule has 0 radical (unpaired) electrons. The highest BCUT2D eigenvalue weighted by Gasteiger charge is 2.39. The molecule has 4 rings (SSSR count).